The highest BCUT2D eigenvalue weighted by Gasteiger charge is 2.53. The second kappa shape index (κ2) is 14.2. The van der Waals surface area contributed by atoms with Crippen LogP contribution in [0.2, 0.25) is 5.02 Å². The molecule has 1 aromatic carbocycles. The van der Waals surface area contributed by atoms with E-state index in [0.717, 1.165) is 82.2 Å². The van der Waals surface area contributed by atoms with Gasteiger partial charge in [0.15, 0.2) is 11.5 Å². The number of piperazine rings is 1. The number of ether oxygens (including phenoxy) is 1. The number of rotatable bonds is 9. The number of carbonyl (C=O) groups excluding carboxylic acids is 3. The number of nitrogens with one attached hydrogen (secondary N) is 1. The zero-order chi connectivity index (χ0) is 38.6. The van der Waals surface area contributed by atoms with Crippen LogP contribution in [0, 0.1) is 22.7 Å². The topological polar surface area (TPSA) is 178 Å². The van der Waals surface area contributed by atoms with Crippen molar-refractivity contribution < 1.29 is 19.1 Å². The SMILES string of the molecule is N#Cc1ccc(OC2(c3cc(N4CC5(CC(CN6CCN(c7ccn8c(N9CCC(=O)NC9=O)cnc8c7)CC6)C5)C4)nnc3C(N)=O)CCCCC2)cc1Cl. The Morgan fingerprint density at radius 3 is 2.50 bits per heavy atom. The Morgan fingerprint density at radius 2 is 1.79 bits per heavy atom. The van der Waals surface area contributed by atoms with Gasteiger partial charge in [0.05, 0.1) is 16.8 Å². The average molecular weight is 778 g/mol. The molecule has 9 rings (SSSR count). The van der Waals surface area contributed by atoms with Crippen LogP contribution < -0.4 is 30.5 Å². The molecule has 16 heteroatoms. The Hall–Kier alpha value is -5.46. The summed E-state index contributed by atoms with van der Waals surface area (Å²) in [6.07, 6.45) is 10.6. The number of amides is 4. The highest BCUT2D eigenvalue weighted by molar-refractivity contribution is 6.31. The van der Waals surface area contributed by atoms with Gasteiger partial charge in [-0.15, -0.1) is 10.2 Å². The third kappa shape index (κ3) is 6.64. The van der Waals surface area contributed by atoms with Crippen LogP contribution in [-0.4, -0.2) is 94.7 Å². The number of imidazole rings is 1. The van der Waals surface area contributed by atoms with Crippen LogP contribution in [0.5, 0.6) is 5.75 Å². The maximum atomic E-state index is 12.7. The molecule has 2 aliphatic carbocycles. The molecule has 56 heavy (non-hydrogen) atoms. The maximum absolute atomic E-state index is 12.7. The summed E-state index contributed by atoms with van der Waals surface area (Å²) in [5.74, 6) is 1.68. The Balaban J connectivity index is 0.801. The summed E-state index contributed by atoms with van der Waals surface area (Å²) in [6.45, 7) is 7.07. The maximum Gasteiger partial charge on any atom is 0.329 e. The summed E-state index contributed by atoms with van der Waals surface area (Å²) < 4.78 is 8.59. The first-order valence-electron chi connectivity index (χ1n) is 19.5. The van der Waals surface area contributed by atoms with E-state index in [-0.39, 0.29) is 23.4 Å². The first-order valence-corrected chi connectivity index (χ1v) is 19.9. The minimum absolute atomic E-state index is 0.133. The number of carbonyl (C=O) groups is 3. The highest BCUT2D eigenvalue weighted by atomic mass is 35.5. The fourth-order valence-corrected chi connectivity index (χ4v) is 9.87. The number of imide groups is 1. The van der Waals surface area contributed by atoms with Crippen LogP contribution >= 0.6 is 11.6 Å². The number of pyridine rings is 1. The summed E-state index contributed by atoms with van der Waals surface area (Å²) in [4.78, 5) is 50.0. The molecule has 1 spiro atoms. The zero-order valence-corrected chi connectivity index (χ0v) is 31.9. The molecule has 3 aliphatic heterocycles. The third-order valence-electron chi connectivity index (χ3n) is 12.4. The largest absolute Gasteiger partial charge is 0.482 e. The third-order valence-corrected chi connectivity index (χ3v) is 12.7. The van der Waals surface area contributed by atoms with Crippen LogP contribution in [-0.2, 0) is 10.4 Å². The van der Waals surface area contributed by atoms with Crippen molar-refractivity contribution in [2.24, 2.45) is 17.1 Å². The van der Waals surface area contributed by atoms with E-state index in [1.165, 1.54) is 12.8 Å². The van der Waals surface area contributed by atoms with Gasteiger partial charge in [-0.1, -0.05) is 18.0 Å². The molecule has 3 aromatic heterocycles. The lowest BCUT2D eigenvalue weighted by Crippen LogP contribution is -2.64. The molecule has 4 amide bonds. The number of nitriles is 1. The van der Waals surface area contributed by atoms with Gasteiger partial charge in [0.25, 0.3) is 5.91 Å². The smallest absolute Gasteiger partial charge is 0.329 e. The Morgan fingerprint density at radius 1 is 1.00 bits per heavy atom. The Labute approximate surface area is 329 Å². The molecular formula is C40H44ClN11O4. The van der Waals surface area contributed by atoms with Gasteiger partial charge in [-0.2, -0.15) is 5.26 Å². The number of nitrogens with zero attached hydrogens (tertiary/aromatic N) is 9. The summed E-state index contributed by atoms with van der Waals surface area (Å²) in [5.41, 5.74) is 8.38. The Bertz CT molecular complexity index is 2240. The molecule has 2 saturated carbocycles. The van der Waals surface area contributed by atoms with Gasteiger partial charge in [0.1, 0.15) is 28.9 Å². The van der Waals surface area contributed by atoms with E-state index in [2.05, 4.69) is 53.4 Å². The molecule has 0 radical (unpaired) electrons. The predicted octanol–water partition coefficient (Wildman–Crippen LogP) is 4.47. The number of halogens is 1. The fourth-order valence-electron chi connectivity index (χ4n) is 9.66. The van der Waals surface area contributed by atoms with Gasteiger partial charge >= 0.3 is 6.03 Å². The van der Waals surface area contributed by atoms with Crippen molar-refractivity contribution >= 4 is 52.4 Å². The first kappa shape index (κ1) is 36.2. The summed E-state index contributed by atoms with van der Waals surface area (Å²) >= 11 is 6.37. The van der Waals surface area contributed by atoms with Gasteiger partial charge in [0.2, 0.25) is 5.91 Å². The van der Waals surface area contributed by atoms with Crippen LogP contribution in [0.25, 0.3) is 5.65 Å². The number of nitrogens with two attached hydrogens (primary N) is 1. The number of hydrogen-bond donors (Lipinski definition) is 2. The molecule has 0 bridgehead atoms. The van der Waals surface area contributed by atoms with E-state index in [1.807, 2.05) is 16.7 Å². The molecule has 5 aliphatic rings. The van der Waals surface area contributed by atoms with Gasteiger partial charge in [-0.25, -0.2) is 9.78 Å². The minimum Gasteiger partial charge on any atom is -0.482 e. The summed E-state index contributed by atoms with van der Waals surface area (Å²) in [7, 11) is 0. The van der Waals surface area contributed by atoms with E-state index in [1.54, 1.807) is 29.3 Å². The van der Waals surface area contributed by atoms with E-state index >= 15 is 0 Å². The van der Waals surface area contributed by atoms with Crippen LogP contribution in [0.3, 0.4) is 0 Å². The molecule has 4 aromatic rings. The quantitative estimate of drug-likeness (QED) is 0.245. The Kier molecular flexibility index (Phi) is 9.20. The lowest BCUT2D eigenvalue weighted by atomic mass is 9.57. The van der Waals surface area contributed by atoms with Crippen LogP contribution in [0.1, 0.15) is 73.0 Å². The summed E-state index contributed by atoms with van der Waals surface area (Å²) in [6, 6.07) is 12.8. The van der Waals surface area contributed by atoms with Crippen LogP contribution in [0.15, 0.2) is 48.8 Å². The highest BCUT2D eigenvalue weighted by Crippen LogP contribution is 2.53. The van der Waals surface area contributed by atoms with Gasteiger partial charge in [0, 0.05) is 93.8 Å². The monoisotopic (exact) mass is 777 g/mol. The lowest BCUT2D eigenvalue weighted by molar-refractivity contribution is -0.120. The van der Waals surface area contributed by atoms with Crippen molar-refractivity contribution in [2.45, 2.75) is 57.0 Å². The standard InChI is InChI=1S/C40H44ClN11O4/c41-31-17-29(5-4-27(31)21-42)56-40(8-2-1-3-9-40)30-18-33(46-47-36(30)37(43)54)50-24-39(25-50)19-26(20-39)23-48-12-14-49(15-13-48)28-6-10-51-32(16-28)44-22-35(51)52-11-7-34(53)45-38(52)55/h4-6,10,16-18,22,26H,1-3,7-9,11-15,19-20,23-25H2,(H2,43,54)(H,45,53,55). The fraction of sp³-hybridized carbons (Fsp3) is 0.475. The number of anilines is 3. The van der Waals surface area contributed by atoms with Crippen molar-refractivity contribution in [3.05, 3.63) is 70.6 Å². The van der Waals surface area contributed by atoms with Gasteiger partial charge in [-0.3, -0.25) is 29.1 Å². The van der Waals surface area contributed by atoms with E-state index in [4.69, 9.17) is 22.1 Å². The zero-order valence-electron chi connectivity index (χ0n) is 31.1. The van der Waals surface area contributed by atoms with Gasteiger partial charge < -0.3 is 20.3 Å². The van der Waals surface area contributed by atoms with Crippen molar-refractivity contribution in [1.29, 1.82) is 5.26 Å². The molecule has 3 saturated heterocycles. The number of benzene rings is 1. The normalized spacial score (nSPS) is 21.0. The predicted molar refractivity (Wildman–Crippen MR) is 209 cm³/mol. The minimum atomic E-state index is -0.815. The average Bonchev–Trinajstić information content (AvgIpc) is 3.59. The van der Waals surface area contributed by atoms with Gasteiger partial charge in [-0.05, 0) is 68.7 Å². The molecule has 6 heterocycles. The van der Waals surface area contributed by atoms with Crippen molar-refractivity contribution in [2.75, 3.05) is 67.1 Å². The molecule has 0 atom stereocenters. The van der Waals surface area contributed by atoms with E-state index in [9.17, 15) is 19.6 Å². The first-order chi connectivity index (χ1) is 27.1. The number of aromatic nitrogens is 4. The van der Waals surface area contributed by atoms with E-state index in [0.29, 0.717) is 53.0 Å². The molecule has 15 nitrogen and oxygen atoms in total. The number of primary amides is 1. The van der Waals surface area contributed by atoms with Crippen molar-refractivity contribution in [3.8, 4) is 11.8 Å². The number of hydrogen-bond acceptors (Lipinski definition) is 11. The number of urea groups is 1. The van der Waals surface area contributed by atoms with E-state index < -0.39 is 17.5 Å². The van der Waals surface area contributed by atoms with Crippen molar-refractivity contribution in [1.82, 2.24) is 29.8 Å². The lowest BCUT2D eigenvalue weighted by Gasteiger charge is -2.60. The van der Waals surface area contributed by atoms with Crippen LogP contribution in [0.4, 0.5) is 22.1 Å². The summed E-state index contributed by atoms with van der Waals surface area (Å²) in [5, 5.41) is 20.9. The second-order valence-corrected chi connectivity index (χ2v) is 16.5. The molecule has 5 fully saturated rings. The number of fused-ring (bicyclic) bond motifs is 1. The molecule has 0 unspecified atom stereocenters. The molecule has 290 valence electrons. The molecule has 3 N–H and O–H groups in total. The molecular weight excluding hydrogens is 734 g/mol. The van der Waals surface area contributed by atoms with Crippen molar-refractivity contribution in [3.63, 3.8) is 0 Å². The second-order valence-electron chi connectivity index (χ2n) is 16.1.